The highest BCUT2D eigenvalue weighted by molar-refractivity contribution is 5.69. The number of hydrogen-bond donors (Lipinski definition) is 2. The standard InChI is InChI=1S/C17H30N2O3/c1-12(18-14-8-7-13(10-14)11-20)15-6-5-9-19(15)16(21)22-17(2,3)4/h7-8,12-15,18,20H,5-6,9-11H2,1-4H3/t12?,13-,14+,15?/m0/s1. The fourth-order valence-electron chi connectivity index (χ4n) is 3.34. The molecule has 2 rings (SSSR count). The van der Waals surface area contributed by atoms with E-state index in [0.29, 0.717) is 0 Å². The van der Waals surface area contributed by atoms with E-state index in [4.69, 9.17) is 4.74 Å². The number of rotatable bonds is 4. The molecule has 5 nitrogen and oxygen atoms in total. The molecule has 2 unspecified atom stereocenters. The fourth-order valence-corrected chi connectivity index (χ4v) is 3.34. The molecule has 5 heteroatoms. The van der Waals surface area contributed by atoms with Crippen LogP contribution >= 0.6 is 0 Å². The molecule has 1 fully saturated rings. The third-order valence-corrected chi connectivity index (χ3v) is 4.39. The number of carbonyl (C=O) groups excluding carboxylic acids is 1. The molecule has 0 bridgehead atoms. The normalized spacial score (nSPS) is 29.9. The predicted molar refractivity (Wildman–Crippen MR) is 86.7 cm³/mol. The lowest BCUT2D eigenvalue weighted by Crippen LogP contribution is -2.51. The molecule has 4 atom stereocenters. The van der Waals surface area contributed by atoms with E-state index in [2.05, 4.69) is 24.4 Å². The Morgan fingerprint density at radius 3 is 2.77 bits per heavy atom. The number of ether oxygens (including phenoxy) is 1. The average molecular weight is 310 g/mol. The van der Waals surface area contributed by atoms with E-state index in [9.17, 15) is 9.90 Å². The number of hydrogen-bond acceptors (Lipinski definition) is 4. The molecule has 1 aliphatic heterocycles. The van der Waals surface area contributed by atoms with Gasteiger partial charge in [0.2, 0.25) is 0 Å². The highest BCUT2D eigenvalue weighted by atomic mass is 16.6. The predicted octanol–water partition coefficient (Wildman–Crippen LogP) is 2.30. The van der Waals surface area contributed by atoms with E-state index in [1.807, 2.05) is 25.7 Å². The van der Waals surface area contributed by atoms with E-state index >= 15 is 0 Å². The maximum absolute atomic E-state index is 12.3. The maximum Gasteiger partial charge on any atom is 0.410 e. The Morgan fingerprint density at radius 2 is 2.18 bits per heavy atom. The Bertz CT molecular complexity index is 417. The van der Waals surface area contributed by atoms with Gasteiger partial charge in [-0.15, -0.1) is 0 Å². The number of aliphatic hydroxyl groups is 1. The third-order valence-electron chi connectivity index (χ3n) is 4.39. The van der Waals surface area contributed by atoms with Crippen LogP contribution < -0.4 is 5.32 Å². The lowest BCUT2D eigenvalue weighted by Gasteiger charge is -2.33. The van der Waals surface area contributed by atoms with E-state index in [-0.39, 0.29) is 36.7 Å². The van der Waals surface area contributed by atoms with E-state index in [1.54, 1.807) is 0 Å². The van der Waals surface area contributed by atoms with Gasteiger partial charge in [0.05, 0.1) is 6.04 Å². The molecule has 0 spiro atoms. The average Bonchev–Trinajstić information content (AvgIpc) is 3.04. The van der Waals surface area contributed by atoms with Gasteiger partial charge >= 0.3 is 6.09 Å². The maximum atomic E-state index is 12.3. The first kappa shape index (κ1) is 17.3. The number of likely N-dealkylation sites (tertiary alicyclic amines) is 1. The van der Waals surface area contributed by atoms with Gasteiger partial charge < -0.3 is 20.1 Å². The van der Waals surface area contributed by atoms with Crippen LogP contribution in [0.4, 0.5) is 4.79 Å². The second-order valence-electron chi connectivity index (χ2n) is 7.51. The molecule has 1 saturated heterocycles. The van der Waals surface area contributed by atoms with Gasteiger partial charge in [-0.3, -0.25) is 0 Å². The first-order valence-electron chi connectivity index (χ1n) is 8.35. The summed E-state index contributed by atoms with van der Waals surface area (Å²) in [4.78, 5) is 14.2. The Kier molecular flexibility index (Phi) is 5.50. The molecule has 0 radical (unpaired) electrons. The molecule has 2 aliphatic rings. The van der Waals surface area contributed by atoms with E-state index < -0.39 is 5.60 Å². The minimum absolute atomic E-state index is 0.177. The summed E-state index contributed by atoms with van der Waals surface area (Å²) < 4.78 is 5.52. The van der Waals surface area contributed by atoms with Crippen molar-refractivity contribution in [2.24, 2.45) is 5.92 Å². The molecule has 126 valence electrons. The smallest absolute Gasteiger partial charge is 0.410 e. The van der Waals surface area contributed by atoms with Crippen molar-refractivity contribution in [1.29, 1.82) is 0 Å². The fraction of sp³-hybridized carbons (Fsp3) is 0.824. The largest absolute Gasteiger partial charge is 0.444 e. The summed E-state index contributed by atoms with van der Waals surface area (Å²) in [5, 5.41) is 12.8. The molecule has 0 aromatic rings. The van der Waals surface area contributed by atoms with Crippen molar-refractivity contribution >= 4 is 6.09 Å². The van der Waals surface area contributed by atoms with Gasteiger partial charge in [-0.05, 0) is 47.0 Å². The summed E-state index contributed by atoms with van der Waals surface area (Å²) in [7, 11) is 0. The molecular weight excluding hydrogens is 280 g/mol. The van der Waals surface area contributed by atoms with Crippen LogP contribution in [0.3, 0.4) is 0 Å². The molecule has 1 amide bonds. The molecule has 0 saturated carbocycles. The summed E-state index contributed by atoms with van der Waals surface area (Å²) in [6.07, 6.45) is 6.96. The summed E-state index contributed by atoms with van der Waals surface area (Å²) >= 11 is 0. The second-order valence-corrected chi connectivity index (χ2v) is 7.51. The number of carbonyl (C=O) groups is 1. The van der Waals surface area contributed by atoms with Gasteiger partial charge in [0.25, 0.3) is 0 Å². The number of aliphatic hydroxyl groups excluding tert-OH is 1. The van der Waals surface area contributed by atoms with Crippen molar-refractivity contribution in [2.75, 3.05) is 13.2 Å². The third kappa shape index (κ3) is 4.46. The highest BCUT2D eigenvalue weighted by Crippen LogP contribution is 2.25. The summed E-state index contributed by atoms with van der Waals surface area (Å²) in [5.41, 5.74) is -0.455. The lowest BCUT2D eigenvalue weighted by molar-refractivity contribution is 0.0198. The molecule has 1 aliphatic carbocycles. The van der Waals surface area contributed by atoms with Crippen molar-refractivity contribution < 1.29 is 14.6 Å². The van der Waals surface area contributed by atoms with Crippen LogP contribution in [0.1, 0.15) is 47.0 Å². The molecule has 1 heterocycles. The zero-order valence-electron chi connectivity index (χ0n) is 14.2. The Labute approximate surface area is 133 Å². The minimum atomic E-state index is -0.455. The van der Waals surface area contributed by atoms with Gasteiger partial charge in [0, 0.05) is 31.2 Å². The zero-order chi connectivity index (χ0) is 16.3. The summed E-state index contributed by atoms with van der Waals surface area (Å²) in [6.45, 7) is 8.80. The SMILES string of the molecule is CC(N[C@@H]1C=C[C@H](CO)C1)C1CCCN1C(=O)OC(C)(C)C. The summed E-state index contributed by atoms with van der Waals surface area (Å²) in [6, 6.07) is 0.673. The van der Waals surface area contributed by atoms with Crippen LogP contribution in [0.2, 0.25) is 0 Å². The second kappa shape index (κ2) is 7.01. The molecular formula is C17H30N2O3. The topological polar surface area (TPSA) is 61.8 Å². The Morgan fingerprint density at radius 1 is 1.45 bits per heavy atom. The molecule has 0 aromatic carbocycles. The van der Waals surface area contributed by atoms with Gasteiger partial charge in [0.15, 0.2) is 0 Å². The van der Waals surface area contributed by atoms with Crippen LogP contribution in [0, 0.1) is 5.92 Å². The monoisotopic (exact) mass is 310 g/mol. The van der Waals surface area contributed by atoms with Crippen molar-refractivity contribution in [3.05, 3.63) is 12.2 Å². The van der Waals surface area contributed by atoms with Crippen molar-refractivity contribution in [2.45, 2.75) is 70.7 Å². The van der Waals surface area contributed by atoms with Crippen molar-refractivity contribution in [1.82, 2.24) is 10.2 Å². The van der Waals surface area contributed by atoms with Crippen LogP contribution in [0.15, 0.2) is 12.2 Å². The zero-order valence-corrected chi connectivity index (χ0v) is 14.2. The van der Waals surface area contributed by atoms with Crippen molar-refractivity contribution in [3.63, 3.8) is 0 Å². The van der Waals surface area contributed by atoms with Crippen LogP contribution in [-0.2, 0) is 4.74 Å². The van der Waals surface area contributed by atoms with Crippen LogP contribution in [0.25, 0.3) is 0 Å². The molecule has 0 aromatic heterocycles. The lowest BCUT2D eigenvalue weighted by atomic mass is 10.0. The van der Waals surface area contributed by atoms with E-state index in [1.165, 1.54) is 0 Å². The van der Waals surface area contributed by atoms with Crippen LogP contribution in [0.5, 0.6) is 0 Å². The first-order chi connectivity index (χ1) is 10.3. The number of nitrogens with zero attached hydrogens (tertiary/aromatic N) is 1. The minimum Gasteiger partial charge on any atom is -0.444 e. The quantitative estimate of drug-likeness (QED) is 0.782. The van der Waals surface area contributed by atoms with Crippen LogP contribution in [-0.4, -0.2) is 53.0 Å². The molecule has 2 N–H and O–H groups in total. The van der Waals surface area contributed by atoms with Gasteiger partial charge in [-0.2, -0.15) is 0 Å². The number of nitrogens with one attached hydrogen (secondary N) is 1. The highest BCUT2D eigenvalue weighted by Gasteiger charge is 2.36. The number of amides is 1. The van der Waals surface area contributed by atoms with E-state index in [0.717, 1.165) is 25.8 Å². The van der Waals surface area contributed by atoms with Gasteiger partial charge in [-0.1, -0.05) is 12.2 Å². The Balaban J connectivity index is 1.90. The van der Waals surface area contributed by atoms with Gasteiger partial charge in [0.1, 0.15) is 5.60 Å². The van der Waals surface area contributed by atoms with Crippen molar-refractivity contribution in [3.8, 4) is 0 Å². The first-order valence-corrected chi connectivity index (χ1v) is 8.35. The van der Waals surface area contributed by atoms with Gasteiger partial charge in [-0.25, -0.2) is 4.79 Å². The Hall–Kier alpha value is -1.07. The molecule has 22 heavy (non-hydrogen) atoms. The summed E-state index contributed by atoms with van der Waals surface area (Å²) in [5.74, 6) is 0.259.